The fourth-order valence-electron chi connectivity index (χ4n) is 3.29. The van der Waals surface area contributed by atoms with Gasteiger partial charge in [-0.25, -0.2) is 17.8 Å². The third-order valence-electron chi connectivity index (χ3n) is 5.07. The molecule has 0 atom stereocenters. The van der Waals surface area contributed by atoms with Crippen molar-refractivity contribution >= 4 is 15.6 Å². The lowest BCUT2D eigenvalue weighted by Crippen LogP contribution is -2.18. The average molecular weight is 444 g/mol. The molecule has 0 amide bonds. The molecule has 31 heavy (non-hydrogen) atoms. The van der Waals surface area contributed by atoms with Gasteiger partial charge in [0.25, 0.3) is 0 Å². The number of ketones is 1. The summed E-state index contributed by atoms with van der Waals surface area (Å²) in [7, 11) is -3.66. The average Bonchev–Trinajstić information content (AvgIpc) is 3.08. The highest BCUT2D eigenvalue weighted by Crippen LogP contribution is 2.23. The van der Waals surface area contributed by atoms with Crippen LogP contribution >= 0.6 is 0 Å². The van der Waals surface area contributed by atoms with Crippen LogP contribution in [0.15, 0.2) is 52.9 Å². The van der Waals surface area contributed by atoms with Crippen molar-refractivity contribution in [3.8, 4) is 11.5 Å². The summed E-state index contributed by atoms with van der Waals surface area (Å²) in [4.78, 5) is 16.5. The molecule has 0 unspecified atom stereocenters. The Morgan fingerprint density at radius 2 is 1.68 bits per heavy atom. The third kappa shape index (κ3) is 6.59. The van der Waals surface area contributed by atoms with Crippen molar-refractivity contribution in [2.24, 2.45) is 0 Å². The number of carbonyl (C=O) groups is 1. The first-order valence-corrected chi connectivity index (χ1v) is 12.1. The molecule has 0 aliphatic heterocycles. The monoisotopic (exact) mass is 443 g/mol. The number of nitrogens with zero attached hydrogens (tertiary/aromatic N) is 1. The van der Waals surface area contributed by atoms with Crippen molar-refractivity contribution in [2.45, 2.75) is 45.3 Å². The third-order valence-corrected chi connectivity index (χ3v) is 6.55. The van der Waals surface area contributed by atoms with Gasteiger partial charge in [-0.3, -0.25) is 4.79 Å². The Balaban J connectivity index is 1.56. The van der Waals surface area contributed by atoms with E-state index in [0.29, 0.717) is 30.2 Å². The van der Waals surface area contributed by atoms with Crippen molar-refractivity contribution in [1.82, 2.24) is 4.98 Å². The molecular weight excluding hydrogens is 417 g/mol. The lowest BCUT2D eigenvalue weighted by molar-refractivity contribution is -0.116. The van der Waals surface area contributed by atoms with E-state index in [4.69, 9.17) is 4.42 Å². The van der Waals surface area contributed by atoms with Gasteiger partial charge in [0.1, 0.15) is 23.1 Å². The maximum absolute atomic E-state index is 12.9. The van der Waals surface area contributed by atoms with E-state index >= 15 is 0 Å². The molecule has 5 nitrogen and oxygen atoms in total. The number of aryl methyl sites for hydroxylation is 3. The second kappa shape index (κ2) is 10.0. The predicted molar refractivity (Wildman–Crippen MR) is 118 cm³/mol. The maximum atomic E-state index is 12.9. The van der Waals surface area contributed by atoms with Gasteiger partial charge in [0.15, 0.2) is 9.84 Å². The van der Waals surface area contributed by atoms with Crippen LogP contribution in [0.4, 0.5) is 4.39 Å². The topological polar surface area (TPSA) is 77.2 Å². The fraction of sp³-hybridized carbons (Fsp3) is 0.333. The minimum absolute atomic E-state index is 0.156. The Morgan fingerprint density at radius 3 is 2.32 bits per heavy atom. The van der Waals surface area contributed by atoms with Gasteiger partial charge in [-0.05, 0) is 61.6 Å². The van der Waals surface area contributed by atoms with E-state index in [1.165, 1.54) is 17.7 Å². The number of Topliss-reactive ketones (excluding diaryl/α,β-unsaturated/α-hetero) is 1. The molecule has 0 aliphatic carbocycles. The molecule has 3 rings (SSSR count). The molecule has 0 N–H and O–H groups in total. The van der Waals surface area contributed by atoms with Crippen molar-refractivity contribution in [1.29, 1.82) is 0 Å². The normalized spacial score (nSPS) is 11.6. The molecule has 0 fully saturated rings. The highest BCUT2D eigenvalue weighted by atomic mass is 32.2. The summed E-state index contributed by atoms with van der Waals surface area (Å²) in [6.07, 6.45) is 2.19. The Hall–Kier alpha value is -2.80. The molecule has 164 valence electrons. The second-order valence-corrected chi connectivity index (χ2v) is 9.69. The van der Waals surface area contributed by atoms with Crippen LogP contribution in [0.2, 0.25) is 0 Å². The first-order valence-electron chi connectivity index (χ1n) is 10.3. The number of hydrogen-bond acceptors (Lipinski definition) is 5. The van der Waals surface area contributed by atoms with Crippen LogP contribution in [-0.2, 0) is 33.2 Å². The maximum Gasteiger partial charge on any atom is 0.226 e. The van der Waals surface area contributed by atoms with Gasteiger partial charge < -0.3 is 4.42 Å². The fourth-order valence-corrected chi connectivity index (χ4v) is 4.71. The predicted octanol–water partition coefficient (Wildman–Crippen LogP) is 4.86. The molecule has 2 aromatic carbocycles. The van der Waals surface area contributed by atoms with Gasteiger partial charge in [0, 0.05) is 12.0 Å². The van der Waals surface area contributed by atoms with Crippen molar-refractivity contribution in [2.75, 3.05) is 5.75 Å². The van der Waals surface area contributed by atoms with Gasteiger partial charge in [-0.2, -0.15) is 0 Å². The van der Waals surface area contributed by atoms with E-state index in [9.17, 15) is 17.6 Å². The van der Waals surface area contributed by atoms with Gasteiger partial charge in [-0.15, -0.1) is 0 Å². The number of rotatable bonds is 10. The highest BCUT2D eigenvalue weighted by molar-refractivity contribution is 7.91. The Morgan fingerprint density at radius 1 is 1.03 bits per heavy atom. The molecule has 0 radical (unpaired) electrons. The molecule has 3 aromatic rings. The first kappa shape index (κ1) is 22.9. The zero-order chi connectivity index (χ0) is 22.4. The minimum Gasteiger partial charge on any atom is -0.441 e. The van der Waals surface area contributed by atoms with Gasteiger partial charge in [-0.1, -0.05) is 31.2 Å². The van der Waals surface area contributed by atoms with Crippen LogP contribution in [0.1, 0.15) is 42.3 Å². The summed E-state index contributed by atoms with van der Waals surface area (Å²) in [5.41, 5.74) is 3.21. The van der Waals surface area contributed by atoms with Crippen molar-refractivity contribution in [3.63, 3.8) is 0 Å². The smallest absolute Gasteiger partial charge is 0.226 e. The second-order valence-electron chi connectivity index (χ2n) is 7.62. The summed E-state index contributed by atoms with van der Waals surface area (Å²) in [5.74, 6) is -0.700. The van der Waals surface area contributed by atoms with Gasteiger partial charge in [0.2, 0.25) is 5.89 Å². The van der Waals surface area contributed by atoms with Crippen LogP contribution in [0.5, 0.6) is 0 Å². The molecule has 7 heteroatoms. The lowest BCUT2D eigenvalue weighted by atomic mass is 10.1. The number of hydrogen-bond donors (Lipinski definition) is 0. The van der Waals surface area contributed by atoms with E-state index in [-0.39, 0.29) is 23.8 Å². The summed E-state index contributed by atoms with van der Waals surface area (Å²) in [5, 5.41) is 0. The number of halogens is 1. The van der Waals surface area contributed by atoms with E-state index in [2.05, 4.69) is 11.9 Å². The Kier molecular flexibility index (Phi) is 7.38. The number of benzene rings is 2. The minimum atomic E-state index is -3.66. The van der Waals surface area contributed by atoms with E-state index in [1.54, 1.807) is 19.1 Å². The largest absolute Gasteiger partial charge is 0.441 e. The van der Waals surface area contributed by atoms with E-state index in [0.717, 1.165) is 17.5 Å². The van der Waals surface area contributed by atoms with E-state index in [1.807, 2.05) is 24.3 Å². The Bertz CT molecular complexity index is 1130. The molecule has 0 bridgehead atoms. The molecular formula is C24H26FNO4S. The quantitative estimate of drug-likeness (QED) is 0.447. The van der Waals surface area contributed by atoms with Crippen LogP contribution < -0.4 is 0 Å². The number of carbonyl (C=O) groups excluding carboxylic acids is 1. The zero-order valence-electron chi connectivity index (χ0n) is 17.7. The highest BCUT2D eigenvalue weighted by Gasteiger charge is 2.22. The molecule has 1 heterocycles. The lowest BCUT2D eigenvalue weighted by Gasteiger charge is -2.04. The molecule has 0 saturated carbocycles. The zero-order valence-corrected chi connectivity index (χ0v) is 18.5. The Labute approximate surface area is 182 Å². The van der Waals surface area contributed by atoms with Gasteiger partial charge >= 0.3 is 0 Å². The number of oxazole rings is 1. The summed E-state index contributed by atoms with van der Waals surface area (Å²) in [6, 6.07) is 13.8. The standard InChI is InChI=1S/C24H26FNO4S/c1-3-18-7-11-20(12-8-18)24-26-23(17(2)30-24)16-31(28,29)15-22(27)6-4-5-19-9-13-21(25)14-10-19/h7-14H,3-6,15-16H2,1-2H3. The summed E-state index contributed by atoms with van der Waals surface area (Å²) in [6.45, 7) is 3.74. The SMILES string of the molecule is CCc1ccc(-c2nc(CS(=O)(=O)CC(=O)CCCc3ccc(F)cc3)c(C)o2)cc1. The van der Waals surface area contributed by atoms with Gasteiger partial charge in [0.05, 0.1) is 11.4 Å². The summed E-state index contributed by atoms with van der Waals surface area (Å²) >= 11 is 0. The van der Waals surface area contributed by atoms with Crippen LogP contribution in [0, 0.1) is 12.7 Å². The molecule has 0 saturated heterocycles. The first-order chi connectivity index (χ1) is 14.8. The van der Waals surface area contributed by atoms with E-state index < -0.39 is 15.6 Å². The van der Waals surface area contributed by atoms with Crippen LogP contribution in [0.25, 0.3) is 11.5 Å². The molecule has 0 aliphatic rings. The number of sulfone groups is 1. The van der Waals surface area contributed by atoms with Crippen molar-refractivity contribution in [3.05, 3.63) is 76.9 Å². The molecule has 0 spiro atoms. The van der Waals surface area contributed by atoms with Crippen LogP contribution in [-0.4, -0.2) is 24.9 Å². The molecule has 1 aromatic heterocycles. The summed E-state index contributed by atoms with van der Waals surface area (Å²) < 4.78 is 43.6. The number of aromatic nitrogens is 1. The van der Waals surface area contributed by atoms with Crippen LogP contribution in [0.3, 0.4) is 0 Å². The van der Waals surface area contributed by atoms with Crippen molar-refractivity contribution < 1.29 is 22.0 Å².